The van der Waals surface area contributed by atoms with E-state index in [1.807, 2.05) is 0 Å². The summed E-state index contributed by atoms with van der Waals surface area (Å²) < 4.78 is 32.9. The molecule has 11 heteroatoms. The number of aliphatic hydroxyl groups excluding tert-OH is 2. The van der Waals surface area contributed by atoms with E-state index >= 15 is 0 Å². The van der Waals surface area contributed by atoms with Gasteiger partial charge in [0.2, 0.25) is 0 Å². The Morgan fingerprint density at radius 3 is 1.28 bits per heavy atom. The summed E-state index contributed by atoms with van der Waals surface area (Å²) in [6, 6.07) is 0. The molecule has 0 rings (SSSR count). The number of phosphoric acid groups is 1. The van der Waals surface area contributed by atoms with Gasteiger partial charge in [0, 0.05) is 12.8 Å². The molecule has 0 heterocycles. The maximum absolute atomic E-state index is 12.7. The first kappa shape index (κ1) is 63.2. The van der Waals surface area contributed by atoms with Crippen LogP contribution in [-0.4, -0.2) is 65.7 Å². The zero-order valence-corrected chi connectivity index (χ0v) is 42.9. The Balaban J connectivity index is 4.16. The predicted octanol–water partition coefficient (Wildman–Crippen LogP) is 15.5. The fourth-order valence-corrected chi connectivity index (χ4v) is 8.41. The van der Waals surface area contributed by atoms with Crippen LogP contribution in [0.5, 0.6) is 0 Å². The van der Waals surface area contributed by atoms with Crippen molar-refractivity contribution in [2.45, 2.75) is 270 Å². The summed E-state index contributed by atoms with van der Waals surface area (Å²) in [4.78, 5) is 35.2. The summed E-state index contributed by atoms with van der Waals surface area (Å²) in [6.07, 6.45) is 55.5. The quantitative estimate of drug-likeness (QED) is 0.0233. The van der Waals surface area contributed by atoms with E-state index in [1.54, 1.807) is 0 Å². The number of hydrogen-bond acceptors (Lipinski definition) is 9. The lowest BCUT2D eigenvalue weighted by Crippen LogP contribution is -2.29. The second-order valence-electron chi connectivity index (χ2n) is 18.2. The number of unbranched alkanes of at least 4 members (excludes halogenated alkanes) is 31. The highest BCUT2D eigenvalue weighted by atomic mass is 31.2. The number of ether oxygens (including phenoxy) is 2. The highest BCUT2D eigenvalue weighted by Gasteiger charge is 2.27. The Labute approximate surface area is 399 Å². The Morgan fingerprint density at radius 2 is 0.815 bits per heavy atom. The Bertz CT molecular complexity index is 1170. The molecule has 0 spiro atoms. The van der Waals surface area contributed by atoms with Crippen molar-refractivity contribution in [2.24, 2.45) is 0 Å². The van der Waals surface area contributed by atoms with Gasteiger partial charge in [-0.2, -0.15) is 0 Å². The van der Waals surface area contributed by atoms with Crippen LogP contribution < -0.4 is 0 Å². The van der Waals surface area contributed by atoms with E-state index in [2.05, 4.69) is 50.3 Å². The first-order valence-electron chi connectivity index (χ1n) is 26.9. The van der Waals surface area contributed by atoms with Crippen molar-refractivity contribution in [3.05, 3.63) is 36.5 Å². The van der Waals surface area contributed by atoms with Crippen molar-refractivity contribution in [1.29, 1.82) is 0 Å². The number of esters is 2. The number of aliphatic hydroxyl groups is 2. The molecular weight excluding hydrogens is 840 g/mol. The van der Waals surface area contributed by atoms with Gasteiger partial charge in [0.1, 0.15) is 12.7 Å². The van der Waals surface area contributed by atoms with E-state index in [-0.39, 0.29) is 19.4 Å². The molecule has 10 nitrogen and oxygen atoms in total. The van der Waals surface area contributed by atoms with Crippen molar-refractivity contribution >= 4 is 19.8 Å². The minimum Gasteiger partial charge on any atom is -0.462 e. The molecule has 0 aliphatic heterocycles. The van der Waals surface area contributed by atoms with Crippen molar-refractivity contribution in [2.75, 3.05) is 26.4 Å². The molecule has 1 unspecified atom stereocenters. The van der Waals surface area contributed by atoms with Crippen LogP contribution in [0.1, 0.15) is 258 Å². The molecule has 0 aromatic rings. The van der Waals surface area contributed by atoms with Gasteiger partial charge in [0.05, 0.1) is 19.8 Å². The molecule has 3 N–H and O–H groups in total. The van der Waals surface area contributed by atoms with Gasteiger partial charge in [0.15, 0.2) is 6.10 Å². The topological polar surface area (TPSA) is 149 Å². The number of rotatable bonds is 51. The van der Waals surface area contributed by atoms with Gasteiger partial charge in [-0.15, -0.1) is 0 Å². The molecule has 65 heavy (non-hydrogen) atoms. The van der Waals surface area contributed by atoms with Crippen LogP contribution in [0.2, 0.25) is 0 Å². The molecule has 0 aliphatic rings. The summed E-state index contributed by atoms with van der Waals surface area (Å²) >= 11 is 0. The maximum atomic E-state index is 12.7. The third kappa shape index (κ3) is 49.9. The molecule has 0 amide bonds. The van der Waals surface area contributed by atoms with Crippen molar-refractivity contribution in [3.63, 3.8) is 0 Å². The van der Waals surface area contributed by atoms with Crippen LogP contribution in [0, 0.1) is 0 Å². The third-order valence-electron chi connectivity index (χ3n) is 11.8. The monoisotopic (exact) mass is 941 g/mol. The molecule has 0 bridgehead atoms. The smallest absolute Gasteiger partial charge is 0.462 e. The highest BCUT2D eigenvalue weighted by molar-refractivity contribution is 7.47. The fraction of sp³-hybridized carbons (Fsp3) is 0.852. The lowest BCUT2D eigenvalue weighted by atomic mass is 10.0. The molecule has 3 atom stereocenters. The standard InChI is InChI=1S/C54H101O10P/c1-3-5-7-9-11-13-15-17-19-21-23-24-25-26-28-30-32-34-36-38-40-42-44-46-54(58)64-52(50-63-65(59,60)62-48-51(56)47-55)49-61-53(57)45-43-41-39-37-35-33-31-29-27-22-20-18-16-14-12-10-8-6-4-2/h12,14,18,20,38,40,51-52,55-56H,3-11,13,15-17,19,21-37,39,41-50H2,1-2H3,(H,59,60)/b14-12+,20-18+,40-38+/t51-,52+/m0/s1. The molecule has 382 valence electrons. The first-order valence-corrected chi connectivity index (χ1v) is 28.4. The van der Waals surface area contributed by atoms with Crippen LogP contribution >= 0.6 is 7.82 Å². The minimum absolute atomic E-state index is 0.138. The number of carbonyl (C=O) groups excluding carboxylic acids is 2. The van der Waals surface area contributed by atoms with Gasteiger partial charge in [0.25, 0.3) is 0 Å². The summed E-state index contributed by atoms with van der Waals surface area (Å²) in [5.41, 5.74) is 0. The van der Waals surface area contributed by atoms with Crippen molar-refractivity contribution in [1.82, 2.24) is 0 Å². The van der Waals surface area contributed by atoms with Crippen LogP contribution in [0.3, 0.4) is 0 Å². The molecule has 0 radical (unpaired) electrons. The average Bonchev–Trinajstić information content (AvgIpc) is 3.30. The average molecular weight is 941 g/mol. The van der Waals surface area contributed by atoms with Crippen molar-refractivity contribution in [3.8, 4) is 0 Å². The molecule has 0 aliphatic carbocycles. The van der Waals surface area contributed by atoms with E-state index in [1.165, 1.54) is 173 Å². The largest absolute Gasteiger partial charge is 0.472 e. The van der Waals surface area contributed by atoms with E-state index in [9.17, 15) is 24.2 Å². The van der Waals surface area contributed by atoms with Gasteiger partial charge in [-0.05, 0) is 64.2 Å². The molecular formula is C54H101O10P. The van der Waals surface area contributed by atoms with E-state index in [0.29, 0.717) is 12.8 Å². The van der Waals surface area contributed by atoms with Gasteiger partial charge < -0.3 is 24.6 Å². The third-order valence-corrected chi connectivity index (χ3v) is 12.7. The molecule has 0 aromatic carbocycles. The Kier molecular flexibility index (Phi) is 48.7. The molecule has 0 fully saturated rings. The first-order chi connectivity index (χ1) is 31.7. The van der Waals surface area contributed by atoms with E-state index in [0.717, 1.165) is 44.9 Å². The van der Waals surface area contributed by atoms with E-state index in [4.69, 9.17) is 23.6 Å². The summed E-state index contributed by atoms with van der Waals surface area (Å²) in [6.45, 7) is 2.37. The highest BCUT2D eigenvalue weighted by Crippen LogP contribution is 2.43. The lowest BCUT2D eigenvalue weighted by Gasteiger charge is -2.20. The number of carbonyl (C=O) groups is 2. The predicted molar refractivity (Wildman–Crippen MR) is 270 cm³/mol. The molecule has 0 saturated carbocycles. The second kappa shape index (κ2) is 50.1. The number of phosphoric ester groups is 1. The van der Waals surface area contributed by atoms with E-state index < -0.39 is 51.8 Å². The maximum Gasteiger partial charge on any atom is 0.472 e. The SMILES string of the molecule is CCCCC/C=C/C/C=C/CCCCCCCCCCCC(=O)OC[C@H](COP(=O)(O)OC[C@@H](O)CO)OC(=O)CCC/C=C/CCCCCCCCCCCCCCCCCCCC. The molecule has 0 aromatic heterocycles. The Morgan fingerprint density at radius 1 is 0.462 bits per heavy atom. The van der Waals surface area contributed by atoms with Crippen LogP contribution in [0.4, 0.5) is 0 Å². The fourth-order valence-electron chi connectivity index (χ4n) is 7.62. The van der Waals surface area contributed by atoms with Gasteiger partial charge in [-0.25, -0.2) is 4.57 Å². The summed E-state index contributed by atoms with van der Waals surface area (Å²) in [5, 5.41) is 18.4. The van der Waals surface area contributed by atoms with Gasteiger partial charge in [-0.1, -0.05) is 217 Å². The summed E-state index contributed by atoms with van der Waals surface area (Å²) in [7, 11) is -4.63. The van der Waals surface area contributed by atoms with Gasteiger partial charge in [-0.3, -0.25) is 18.6 Å². The zero-order chi connectivity index (χ0) is 47.6. The lowest BCUT2D eigenvalue weighted by molar-refractivity contribution is -0.161. The van der Waals surface area contributed by atoms with Crippen molar-refractivity contribution < 1.29 is 47.8 Å². The van der Waals surface area contributed by atoms with Gasteiger partial charge >= 0.3 is 19.8 Å². The second-order valence-corrected chi connectivity index (χ2v) is 19.7. The number of allylic oxidation sites excluding steroid dienone is 6. The minimum atomic E-state index is -4.63. The van der Waals surface area contributed by atoms with Crippen LogP contribution in [0.25, 0.3) is 0 Å². The zero-order valence-electron chi connectivity index (χ0n) is 42.0. The normalized spacial score (nSPS) is 13.9. The summed E-state index contributed by atoms with van der Waals surface area (Å²) in [5.74, 6) is -0.957. The number of hydrogen-bond donors (Lipinski definition) is 3. The Hall–Kier alpha value is -1.81. The molecule has 0 saturated heterocycles. The van der Waals surface area contributed by atoms with Crippen LogP contribution in [-0.2, 0) is 32.7 Å². The van der Waals surface area contributed by atoms with Crippen LogP contribution in [0.15, 0.2) is 36.5 Å².